The maximum Gasteiger partial charge on any atom is 0.416 e. The molecule has 0 saturated carbocycles. The smallest absolute Gasteiger partial charge is 0.349 e. The van der Waals surface area contributed by atoms with E-state index < -0.39 is 11.7 Å². The second-order valence-electron chi connectivity index (χ2n) is 10.2. The fourth-order valence-corrected chi connectivity index (χ4v) is 4.38. The van der Waals surface area contributed by atoms with Crippen molar-refractivity contribution in [3.05, 3.63) is 35.7 Å². The Bertz CT molecular complexity index is 967. The van der Waals surface area contributed by atoms with Gasteiger partial charge in [-0.25, -0.2) is 9.67 Å². The number of alkyl halides is 3. The van der Waals surface area contributed by atoms with Crippen molar-refractivity contribution in [3.8, 4) is 11.4 Å². The lowest BCUT2D eigenvalue weighted by Gasteiger charge is -2.42. The predicted molar refractivity (Wildman–Crippen MR) is 115 cm³/mol. The second-order valence-corrected chi connectivity index (χ2v) is 10.2. The molecule has 0 unspecified atom stereocenters. The molecule has 6 nitrogen and oxygen atoms in total. The number of nitrogens with zero attached hydrogens (tertiary/aromatic N) is 4. The Balaban J connectivity index is 1.49. The number of amides is 1. The first-order valence-electron chi connectivity index (χ1n) is 11.1. The van der Waals surface area contributed by atoms with E-state index in [1.807, 2.05) is 0 Å². The van der Waals surface area contributed by atoms with Gasteiger partial charge in [0.25, 0.3) is 0 Å². The molecule has 1 spiro atoms. The molecule has 1 aromatic heterocycles. The van der Waals surface area contributed by atoms with Crippen molar-refractivity contribution in [1.29, 1.82) is 0 Å². The maximum atomic E-state index is 12.8. The van der Waals surface area contributed by atoms with Crippen LogP contribution in [0.5, 0.6) is 0 Å². The minimum absolute atomic E-state index is 0.0679. The van der Waals surface area contributed by atoms with Crippen LogP contribution >= 0.6 is 0 Å². The van der Waals surface area contributed by atoms with Crippen LogP contribution in [0.1, 0.15) is 51.4 Å². The van der Waals surface area contributed by atoms with Crippen molar-refractivity contribution in [2.45, 2.75) is 64.7 Å². The van der Waals surface area contributed by atoms with Gasteiger partial charge in [-0.2, -0.15) is 18.3 Å². The molecule has 0 bridgehead atoms. The topological polar surface area (TPSA) is 63.1 Å². The monoisotopic (exact) mass is 449 g/mol. The third kappa shape index (κ3) is 5.14. The van der Waals surface area contributed by atoms with Gasteiger partial charge in [-0.05, 0) is 43.4 Å². The second kappa shape index (κ2) is 8.17. The zero-order chi connectivity index (χ0) is 23.1. The van der Waals surface area contributed by atoms with E-state index >= 15 is 0 Å². The fourth-order valence-electron chi connectivity index (χ4n) is 4.38. The van der Waals surface area contributed by atoms with Gasteiger partial charge in [0, 0.05) is 30.6 Å². The minimum atomic E-state index is -4.39. The number of hydrogen-bond acceptors (Lipinski definition) is 4. The number of rotatable bonds is 3. The Morgan fingerprint density at radius 1 is 1.09 bits per heavy atom. The van der Waals surface area contributed by atoms with Crippen LogP contribution in [-0.2, 0) is 23.9 Å². The van der Waals surface area contributed by atoms with E-state index in [0.29, 0.717) is 23.6 Å². The molecular weight excluding hydrogens is 419 g/mol. The summed E-state index contributed by atoms with van der Waals surface area (Å²) < 4.78 is 40.1. The molecule has 2 aliphatic rings. The molecule has 9 heteroatoms. The van der Waals surface area contributed by atoms with Gasteiger partial charge in [0.2, 0.25) is 5.91 Å². The Labute approximate surface area is 186 Å². The largest absolute Gasteiger partial charge is 0.416 e. The van der Waals surface area contributed by atoms with Crippen molar-refractivity contribution >= 4 is 5.91 Å². The molecule has 1 saturated heterocycles. The zero-order valence-electron chi connectivity index (χ0n) is 18.8. The number of carbonyl (C=O) groups excluding carboxylic acids is 1. The van der Waals surface area contributed by atoms with Crippen molar-refractivity contribution in [2.24, 2.45) is 5.41 Å². The molecule has 3 heterocycles. The van der Waals surface area contributed by atoms with Crippen LogP contribution in [0.4, 0.5) is 13.2 Å². The van der Waals surface area contributed by atoms with E-state index in [1.165, 1.54) is 12.1 Å². The standard InChI is InChI=1S/C23H30F3N5O/c1-21(2,3)8-11-30-12-9-22(10-13-30)14-18-27-20(29-31(18)15-19(32)28-22)16-4-6-17(7-5-16)23(24,25)26/h4-7H,8-15H2,1-3H3,(H,28,32). The highest BCUT2D eigenvalue weighted by molar-refractivity contribution is 5.77. The molecule has 174 valence electrons. The van der Waals surface area contributed by atoms with Gasteiger partial charge >= 0.3 is 6.18 Å². The van der Waals surface area contributed by atoms with Gasteiger partial charge < -0.3 is 10.2 Å². The summed E-state index contributed by atoms with van der Waals surface area (Å²) in [4.78, 5) is 19.7. The Morgan fingerprint density at radius 3 is 2.34 bits per heavy atom. The zero-order valence-corrected chi connectivity index (χ0v) is 18.8. The first-order valence-corrected chi connectivity index (χ1v) is 11.1. The number of nitrogens with one attached hydrogen (secondary N) is 1. The van der Waals surface area contributed by atoms with E-state index in [1.54, 1.807) is 4.68 Å². The van der Waals surface area contributed by atoms with E-state index in [4.69, 9.17) is 0 Å². The molecule has 0 atom stereocenters. The number of benzene rings is 1. The predicted octanol–water partition coefficient (Wildman–Crippen LogP) is 3.91. The summed E-state index contributed by atoms with van der Waals surface area (Å²) in [7, 11) is 0. The number of likely N-dealkylation sites (tertiary alicyclic amines) is 1. The number of aromatic nitrogens is 3. The lowest BCUT2D eigenvalue weighted by molar-refractivity contribution is -0.137. The van der Waals surface area contributed by atoms with Gasteiger partial charge in [0.1, 0.15) is 12.4 Å². The lowest BCUT2D eigenvalue weighted by Crippen LogP contribution is -2.56. The van der Waals surface area contributed by atoms with Gasteiger partial charge in [0.15, 0.2) is 5.82 Å². The average Bonchev–Trinajstić information content (AvgIpc) is 3.02. The van der Waals surface area contributed by atoms with E-state index in [2.05, 4.69) is 41.1 Å². The molecule has 4 rings (SSSR count). The van der Waals surface area contributed by atoms with E-state index in [0.717, 1.165) is 51.0 Å². The summed E-state index contributed by atoms with van der Waals surface area (Å²) in [6, 6.07) is 4.81. The molecule has 2 aromatic rings. The third-order valence-electron chi connectivity index (χ3n) is 6.40. The first-order chi connectivity index (χ1) is 14.9. The maximum absolute atomic E-state index is 12.8. The first kappa shape index (κ1) is 22.8. The molecular formula is C23H30F3N5O. The van der Waals surface area contributed by atoms with Gasteiger partial charge in [0.05, 0.1) is 5.56 Å². The molecule has 1 aromatic carbocycles. The van der Waals surface area contributed by atoms with Crippen LogP contribution in [0.15, 0.2) is 24.3 Å². The summed E-state index contributed by atoms with van der Waals surface area (Å²) in [6.07, 6.45) is -1.02. The van der Waals surface area contributed by atoms with Gasteiger partial charge in [-0.1, -0.05) is 32.9 Å². The number of piperidine rings is 1. The molecule has 0 aliphatic carbocycles. The molecule has 1 N–H and O–H groups in total. The van der Waals surface area contributed by atoms with Crippen LogP contribution in [0.25, 0.3) is 11.4 Å². The number of fused-ring (bicyclic) bond motifs is 1. The van der Waals surface area contributed by atoms with Crippen molar-refractivity contribution < 1.29 is 18.0 Å². The number of halogens is 3. The highest BCUT2D eigenvalue weighted by atomic mass is 19.4. The van der Waals surface area contributed by atoms with Gasteiger partial charge in [-0.15, -0.1) is 0 Å². The summed E-state index contributed by atoms with van der Waals surface area (Å²) in [5.41, 5.74) is -0.270. The number of carbonyl (C=O) groups is 1. The highest BCUT2D eigenvalue weighted by Gasteiger charge is 2.40. The van der Waals surface area contributed by atoms with Crippen LogP contribution in [0.3, 0.4) is 0 Å². The Kier molecular flexibility index (Phi) is 5.81. The van der Waals surface area contributed by atoms with Crippen molar-refractivity contribution in [1.82, 2.24) is 25.0 Å². The normalized spacial score (nSPS) is 19.5. The summed E-state index contributed by atoms with van der Waals surface area (Å²) >= 11 is 0. The lowest BCUT2D eigenvalue weighted by atomic mass is 9.83. The van der Waals surface area contributed by atoms with Crippen LogP contribution in [-0.4, -0.2) is 50.7 Å². The molecule has 2 aliphatic heterocycles. The van der Waals surface area contributed by atoms with Crippen LogP contribution < -0.4 is 5.32 Å². The highest BCUT2D eigenvalue weighted by Crippen LogP contribution is 2.32. The van der Waals surface area contributed by atoms with Crippen molar-refractivity contribution in [2.75, 3.05) is 19.6 Å². The SMILES string of the molecule is CC(C)(C)CCN1CCC2(CC1)Cc1nc(-c3ccc(C(F)(F)F)cc3)nn1CC(=O)N2. The van der Waals surface area contributed by atoms with Crippen LogP contribution in [0.2, 0.25) is 0 Å². The fraction of sp³-hybridized carbons (Fsp3) is 0.609. The quantitative estimate of drug-likeness (QED) is 0.772. The Hall–Kier alpha value is -2.42. The molecule has 32 heavy (non-hydrogen) atoms. The Morgan fingerprint density at radius 2 is 1.75 bits per heavy atom. The summed E-state index contributed by atoms with van der Waals surface area (Å²) in [5, 5.41) is 7.64. The molecule has 0 radical (unpaired) electrons. The van der Waals surface area contributed by atoms with E-state index in [-0.39, 0.29) is 23.4 Å². The molecule has 1 amide bonds. The average molecular weight is 450 g/mol. The third-order valence-corrected chi connectivity index (χ3v) is 6.40. The molecule has 1 fully saturated rings. The van der Waals surface area contributed by atoms with Crippen molar-refractivity contribution in [3.63, 3.8) is 0 Å². The number of hydrogen-bond donors (Lipinski definition) is 1. The minimum Gasteiger partial charge on any atom is -0.349 e. The van der Waals surface area contributed by atoms with Gasteiger partial charge in [-0.3, -0.25) is 4.79 Å². The van der Waals surface area contributed by atoms with Crippen LogP contribution in [0, 0.1) is 5.41 Å². The summed E-state index contributed by atoms with van der Waals surface area (Å²) in [6.45, 7) is 9.66. The summed E-state index contributed by atoms with van der Waals surface area (Å²) in [5.74, 6) is 0.943. The van der Waals surface area contributed by atoms with E-state index in [9.17, 15) is 18.0 Å².